The molecular weight excluding hydrogens is 424 g/mol. The molecule has 4 N–H and O–H groups in total. The van der Waals surface area contributed by atoms with Crippen molar-refractivity contribution in [3.8, 4) is 11.1 Å². The summed E-state index contributed by atoms with van der Waals surface area (Å²) in [7, 11) is 0. The molecule has 0 bridgehead atoms. The Bertz CT molecular complexity index is 1020. The maximum absolute atomic E-state index is 12.5. The second kappa shape index (κ2) is 9.23. The molecule has 8 nitrogen and oxygen atoms in total. The average Bonchev–Trinajstić information content (AvgIpc) is 3.40. The number of aliphatic hydroxyl groups is 1. The third-order valence-electron chi connectivity index (χ3n) is 6.66. The van der Waals surface area contributed by atoms with Crippen LogP contribution in [-0.2, 0) is 14.3 Å². The van der Waals surface area contributed by atoms with Gasteiger partial charge in [0.15, 0.2) is 5.54 Å². The number of alkyl carbamates (subject to hydrolysis) is 1. The molecule has 0 heterocycles. The lowest BCUT2D eigenvalue weighted by Gasteiger charge is -2.25. The summed E-state index contributed by atoms with van der Waals surface area (Å²) < 4.78 is 5.57. The Morgan fingerprint density at radius 1 is 1.03 bits per heavy atom. The summed E-state index contributed by atoms with van der Waals surface area (Å²) >= 11 is 0. The molecule has 2 aliphatic carbocycles. The zero-order chi connectivity index (χ0) is 23.6. The van der Waals surface area contributed by atoms with Crippen molar-refractivity contribution in [3.63, 3.8) is 0 Å². The predicted octanol–water partition coefficient (Wildman–Crippen LogP) is 2.65. The number of carbonyl (C=O) groups is 3. The second-order valence-electron chi connectivity index (χ2n) is 8.96. The quantitative estimate of drug-likeness (QED) is 0.512. The molecule has 2 aromatic rings. The molecule has 8 heteroatoms. The van der Waals surface area contributed by atoms with Crippen molar-refractivity contribution in [1.29, 1.82) is 0 Å². The molecule has 2 aromatic carbocycles. The zero-order valence-corrected chi connectivity index (χ0v) is 18.4. The first-order valence-electron chi connectivity index (χ1n) is 11.1. The first-order valence-corrected chi connectivity index (χ1v) is 11.1. The number of nitrogens with one attached hydrogen (secondary N) is 2. The van der Waals surface area contributed by atoms with E-state index in [9.17, 15) is 24.6 Å². The van der Waals surface area contributed by atoms with E-state index in [1.165, 1.54) is 6.92 Å². The third kappa shape index (κ3) is 4.57. The SMILES string of the molecule is CC(CO)(NC(=O)C1CCC(NC(=O)OCC2c3ccccc3-c3ccccc32)C1)C(=O)O. The van der Waals surface area contributed by atoms with E-state index in [2.05, 4.69) is 34.9 Å². The number of fused-ring (bicyclic) bond motifs is 3. The lowest BCUT2D eigenvalue weighted by molar-refractivity contribution is -0.149. The van der Waals surface area contributed by atoms with Gasteiger partial charge in [0.1, 0.15) is 6.61 Å². The smallest absolute Gasteiger partial charge is 0.407 e. The Morgan fingerprint density at radius 3 is 2.21 bits per heavy atom. The number of aliphatic carboxylic acids is 1. The highest BCUT2D eigenvalue weighted by Crippen LogP contribution is 2.44. The van der Waals surface area contributed by atoms with Crippen molar-refractivity contribution in [2.45, 2.75) is 43.7 Å². The fraction of sp³-hybridized carbons (Fsp3) is 0.400. The third-order valence-corrected chi connectivity index (χ3v) is 6.66. The largest absolute Gasteiger partial charge is 0.479 e. The van der Waals surface area contributed by atoms with Gasteiger partial charge in [0.05, 0.1) is 6.61 Å². The fourth-order valence-electron chi connectivity index (χ4n) is 4.69. The maximum atomic E-state index is 12.5. The van der Waals surface area contributed by atoms with E-state index >= 15 is 0 Å². The number of ether oxygens (including phenoxy) is 1. The summed E-state index contributed by atoms with van der Waals surface area (Å²) in [6.07, 6.45) is 0.956. The van der Waals surface area contributed by atoms with Crippen LogP contribution in [0.5, 0.6) is 0 Å². The summed E-state index contributed by atoms with van der Waals surface area (Å²) in [5.41, 5.74) is 2.85. The zero-order valence-electron chi connectivity index (χ0n) is 18.4. The van der Waals surface area contributed by atoms with Gasteiger partial charge in [0.2, 0.25) is 5.91 Å². The summed E-state index contributed by atoms with van der Waals surface area (Å²) in [5, 5.41) is 23.8. The van der Waals surface area contributed by atoms with Crippen molar-refractivity contribution >= 4 is 18.0 Å². The van der Waals surface area contributed by atoms with Gasteiger partial charge < -0.3 is 25.6 Å². The maximum Gasteiger partial charge on any atom is 0.407 e. The average molecular weight is 453 g/mol. The summed E-state index contributed by atoms with van der Waals surface area (Å²) in [4.78, 5) is 36.2. The lowest BCUT2D eigenvalue weighted by Crippen LogP contribution is -2.56. The topological polar surface area (TPSA) is 125 Å². The van der Waals surface area contributed by atoms with Gasteiger partial charge >= 0.3 is 12.1 Å². The molecule has 3 atom stereocenters. The van der Waals surface area contributed by atoms with Crippen molar-refractivity contribution in [3.05, 3.63) is 59.7 Å². The molecule has 3 unspecified atom stereocenters. The monoisotopic (exact) mass is 452 g/mol. The Labute approximate surface area is 192 Å². The van der Waals surface area contributed by atoms with Crippen LogP contribution in [0.15, 0.2) is 48.5 Å². The van der Waals surface area contributed by atoms with E-state index in [0.29, 0.717) is 19.3 Å². The van der Waals surface area contributed by atoms with Gasteiger partial charge in [0, 0.05) is 17.9 Å². The Hall–Kier alpha value is -3.39. The molecule has 33 heavy (non-hydrogen) atoms. The molecule has 0 spiro atoms. The highest BCUT2D eigenvalue weighted by molar-refractivity contribution is 5.88. The van der Waals surface area contributed by atoms with Crippen molar-refractivity contribution in [2.75, 3.05) is 13.2 Å². The number of carboxylic acids is 1. The number of carbonyl (C=O) groups excluding carboxylic acids is 2. The molecule has 0 saturated heterocycles. The van der Waals surface area contributed by atoms with Gasteiger partial charge in [-0.2, -0.15) is 0 Å². The number of aliphatic hydroxyl groups excluding tert-OH is 1. The highest BCUT2D eigenvalue weighted by Gasteiger charge is 2.39. The first kappa shape index (κ1) is 22.8. The molecular formula is C25H28N2O6. The second-order valence-corrected chi connectivity index (χ2v) is 8.96. The van der Waals surface area contributed by atoms with Crippen LogP contribution in [0.4, 0.5) is 4.79 Å². The molecule has 0 aliphatic heterocycles. The number of carboxylic acid groups (broad SMARTS) is 1. The van der Waals surface area contributed by atoms with Gasteiger partial charge in [0.25, 0.3) is 0 Å². The van der Waals surface area contributed by atoms with E-state index in [1.807, 2.05) is 24.3 Å². The standard InChI is InChI=1S/C25H28N2O6/c1-25(14-28,23(30)31)27-22(29)15-10-11-16(12-15)26-24(32)33-13-21-19-8-4-2-6-17(19)18-7-3-5-9-20(18)21/h2-9,15-16,21,28H,10-14H2,1H3,(H,26,32)(H,27,29)(H,30,31). The number of amides is 2. The Balaban J connectivity index is 1.31. The van der Waals surface area contributed by atoms with Crippen LogP contribution in [0, 0.1) is 5.92 Å². The van der Waals surface area contributed by atoms with Crippen LogP contribution < -0.4 is 10.6 Å². The van der Waals surface area contributed by atoms with E-state index in [0.717, 1.165) is 22.3 Å². The van der Waals surface area contributed by atoms with Gasteiger partial charge in [-0.25, -0.2) is 9.59 Å². The van der Waals surface area contributed by atoms with Gasteiger partial charge in [-0.15, -0.1) is 0 Å². The molecule has 0 radical (unpaired) electrons. The molecule has 4 rings (SSSR count). The summed E-state index contributed by atoms with van der Waals surface area (Å²) in [6.45, 7) is 0.765. The van der Waals surface area contributed by atoms with E-state index in [1.54, 1.807) is 0 Å². The molecule has 1 fully saturated rings. The van der Waals surface area contributed by atoms with Crippen molar-refractivity contribution < 1.29 is 29.3 Å². The minimum absolute atomic E-state index is 0.0302. The Kier molecular flexibility index (Phi) is 6.37. The Morgan fingerprint density at radius 2 is 1.64 bits per heavy atom. The van der Waals surface area contributed by atoms with Gasteiger partial charge in [-0.3, -0.25) is 4.79 Å². The van der Waals surface area contributed by atoms with Crippen LogP contribution in [0.1, 0.15) is 43.2 Å². The normalized spacial score (nSPS) is 20.9. The predicted molar refractivity (Wildman–Crippen MR) is 121 cm³/mol. The summed E-state index contributed by atoms with van der Waals surface area (Å²) in [5.74, 6) is -2.21. The minimum Gasteiger partial charge on any atom is -0.479 e. The van der Waals surface area contributed by atoms with Crippen LogP contribution in [-0.4, -0.2) is 53.0 Å². The van der Waals surface area contributed by atoms with Gasteiger partial charge in [-0.05, 0) is 48.4 Å². The molecule has 0 aromatic heterocycles. The van der Waals surface area contributed by atoms with Crippen molar-refractivity contribution in [1.82, 2.24) is 10.6 Å². The van der Waals surface area contributed by atoms with Crippen LogP contribution in [0.3, 0.4) is 0 Å². The number of hydrogen-bond acceptors (Lipinski definition) is 5. The number of benzene rings is 2. The lowest BCUT2D eigenvalue weighted by atomic mass is 9.98. The van der Waals surface area contributed by atoms with Gasteiger partial charge in [-0.1, -0.05) is 48.5 Å². The van der Waals surface area contributed by atoms with E-state index in [-0.39, 0.29) is 18.6 Å². The minimum atomic E-state index is -1.73. The molecule has 2 amide bonds. The highest BCUT2D eigenvalue weighted by atomic mass is 16.5. The fourth-order valence-corrected chi connectivity index (χ4v) is 4.69. The van der Waals surface area contributed by atoms with Crippen molar-refractivity contribution in [2.24, 2.45) is 5.92 Å². The van der Waals surface area contributed by atoms with E-state index < -0.39 is 36.0 Å². The van der Waals surface area contributed by atoms with E-state index in [4.69, 9.17) is 4.74 Å². The number of rotatable bonds is 7. The molecule has 174 valence electrons. The van der Waals surface area contributed by atoms with Crippen LogP contribution >= 0.6 is 0 Å². The molecule has 2 aliphatic rings. The van der Waals surface area contributed by atoms with Crippen LogP contribution in [0.2, 0.25) is 0 Å². The molecule has 1 saturated carbocycles. The number of hydrogen-bond donors (Lipinski definition) is 4. The summed E-state index contributed by atoms with van der Waals surface area (Å²) in [6, 6.07) is 16.0. The first-order chi connectivity index (χ1) is 15.8. The van der Waals surface area contributed by atoms with Crippen LogP contribution in [0.25, 0.3) is 11.1 Å².